The standard InChI is InChI=1S/C50H33NO/c1-4-14-34(15-5-1)42-29-28-40(33-45(42)36-18-8-3-9-19-36)51(39-27-26-38-25-24-37-20-10-11-21-41(37)46(38)32-39)47-31-30-43(35-16-6-2-7-17-35)50-49(47)44-22-12-13-23-48(44)52-50/h1-33H/i1D,3D,4D,5D,8D,9D,14D,15D,18D,19D,28D,29D,33D. The van der Waals surface area contributed by atoms with Crippen LogP contribution in [0, 0.1) is 0 Å². The van der Waals surface area contributed by atoms with Gasteiger partial charge in [-0.15, -0.1) is 0 Å². The average molecular weight is 677 g/mol. The molecule has 10 aromatic rings. The third kappa shape index (κ3) is 5.04. The summed E-state index contributed by atoms with van der Waals surface area (Å²) in [6.45, 7) is 0. The Hall–Kier alpha value is -6.90. The van der Waals surface area contributed by atoms with Gasteiger partial charge in [0, 0.05) is 22.3 Å². The molecule has 2 heteroatoms. The van der Waals surface area contributed by atoms with Crippen molar-refractivity contribution in [3.63, 3.8) is 0 Å². The number of rotatable bonds is 6. The van der Waals surface area contributed by atoms with Crippen LogP contribution in [-0.4, -0.2) is 0 Å². The Balaban J connectivity index is 1.41. The van der Waals surface area contributed by atoms with Crippen molar-refractivity contribution in [2.75, 3.05) is 4.90 Å². The van der Waals surface area contributed by atoms with Gasteiger partial charge in [0.15, 0.2) is 0 Å². The average Bonchev–Trinajstić information content (AvgIpc) is 3.72. The molecule has 0 saturated heterocycles. The Kier molecular flexibility index (Phi) is 4.67. The first-order chi connectivity index (χ1) is 31.2. The summed E-state index contributed by atoms with van der Waals surface area (Å²) in [6, 6.07) is 28.8. The Morgan fingerprint density at radius 2 is 1.10 bits per heavy atom. The lowest BCUT2D eigenvalue weighted by atomic mass is 9.93. The highest BCUT2D eigenvalue weighted by Gasteiger charge is 2.23. The van der Waals surface area contributed by atoms with E-state index in [9.17, 15) is 4.11 Å². The zero-order valence-electron chi connectivity index (χ0n) is 40.4. The summed E-state index contributed by atoms with van der Waals surface area (Å²) in [5.41, 5.74) is 1.12. The maximum atomic E-state index is 10.3. The van der Waals surface area contributed by atoms with E-state index in [-0.39, 0.29) is 5.69 Å². The number of benzene rings is 9. The Bertz CT molecular complexity index is 3600. The molecule has 0 amide bonds. The second-order valence-electron chi connectivity index (χ2n) is 12.3. The lowest BCUT2D eigenvalue weighted by Gasteiger charge is -2.28. The van der Waals surface area contributed by atoms with Crippen molar-refractivity contribution >= 4 is 60.5 Å². The molecule has 0 aliphatic carbocycles. The third-order valence-electron chi connectivity index (χ3n) is 9.34. The van der Waals surface area contributed by atoms with Crippen LogP contribution in [0.4, 0.5) is 17.1 Å². The highest BCUT2D eigenvalue weighted by molar-refractivity contribution is 6.17. The van der Waals surface area contributed by atoms with Gasteiger partial charge in [0.1, 0.15) is 11.2 Å². The highest BCUT2D eigenvalue weighted by Crippen LogP contribution is 2.48. The van der Waals surface area contributed by atoms with Crippen LogP contribution in [-0.2, 0) is 0 Å². The number of nitrogens with zero attached hydrogens (tertiary/aromatic N) is 1. The van der Waals surface area contributed by atoms with E-state index in [4.69, 9.17) is 18.1 Å². The number of fused-ring (bicyclic) bond motifs is 6. The summed E-state index contributed by atoms with van der Waals surface area (Å²) in [5, 5.41) is 4.87. The quantitative estimate of drug-likeness (QED) is 0.163. The zero-order chi connectivity index (χ0) is 45.7. The lowest BCUT2D eigenvalue weighted by Crippen LogP contribution is -2.11. The first kappa shape index (κ1) is 19.5. The van der Waals surface area contributed by atoms with E-state index in [1.54, 1.807) is 4.90 Å². The monoisotopic (exact) mass is 676 g/mol. The fourth-order valence-electron chi connectivity index (χ4n) is 6.99. The highest BCUT2D eigenvalue weighted by atomic mass is 16.3. The molecule has 0 spiro atoms. The predicted octanol–water partition coefficient (Wildman–Crippen LogP) is 14.4. The van der Waals surface area contributed by atoms with Gasteiger partial charge in [-0.3, -0.25) is 0 Å². The first-order valence-corrected chi connectivity index (χ1v) is 16.7. The van der Waals surface area contributed by atoms with Crippen molar-refractivity contribution in [3.8, 4) is 33.4 Å². The molecule has 9 aromatic carbocycles. The Morgan fingerprint density at radius 1 is 0.442 bits per heavy atom. The molecule has 0 saturated carbocycles. The van der Waals surface area contributed by atoms with Gasteiger partial charge in [0.2, 0.25) is 0 Å². The van der Waals surface area contributed by atoms with Gasteiger partial charge >= 0.3 is 0 Å². The van der Waals surface area contributed by atoms with Crippen LogP contribution < -0.4 is 4.90 Å². The zero-order valence-corrected chi connectivity index (χ0v) is 27.4. The molecule has 52 heavy (non-hydrogen) atoms. The van der Waals surface area contributed by atoms with Gasteiger partial charge in [0.25, 0.3) is 0 Å². The van der Waals surface area contributed by atoms with Gasteiger partial charge in [-0.25, -0.2) is 0 Å². The minimum absolute atomic E-state index is 0.244. The van der Waals surface area contributed by atoms with Crippen LogP contribution in [0.3, 0.4) is 0 Å². The number of furan rings is 1. The van der Waals surface area contributed by atoms with Gasteiger partial charge in [-0.05, 0) is 91.8 Å². The molecular formula is C50H33NO. The summed E-state index contributed by atoms with van der Waals surface area (Å²) < 4.78 is 124. The molecule has 10 rings (SSSR count). The van der Waals surface area contributed by atoms with E-state index in [0.717, 1.165) is 32.7 Å². The Labute approximate surface area is 320 Å². The van der Waals surface area contributed by atoms with Crippen LogP contribution >= 0.6 is 0 Å². The van der Waals surface area contributed by atoms with E-state index in [2.05, 4.69) is 0 Å². The second kappa shape index (κ2) is 12.5. The summed E-state index contributed by atoms with van der Waals surface area (Å²) in [4.78, 5) is 1.63. The van der Waals surface area contributed by atoms with Crippen LogP contribution in [0.1, 0.15) is 17.8 Å². The van der Waals surface area contributed by atoms with Gasteiger partial charge in [-0.1, -0.05) is 157 Å². The SMILES string of the molecule is [2H]c1c([2H])c([2H])c(-c2c([2H])c([2H])c(N(c3ccc4ccc5ccccc5c4c3)c3ccc(-c4ccccc4)c4oc5ccccc5c34)c([2H])c2-c2c([2H])c([2H])c([2H])c([2H])c2[2H])c([2H])c1[2H]. The molecule has 0 unspecified atom stereocenters. The largest absolute Gasteiger partial charge is 0.455 e. The number of anilines is 3. The molecule has 1 aromatic heterocycles. The molecule has 0 N–H and O–H groups in total. The van der Waals surface area contributed by atoms with Gasteiger partial charge in [-0.2, -0.15) is 0 Å². The molecule has 0 bridgehead atoms. The van der Waals surface area contributed by atoms with Crippen molar-refractivity contribution in [1.29, 1.82) is 0 Å². The van der Waals surface area contributed by atoms with Gasteiger partial charge in [0.05, 0.1) is 28.9 Å². The van der Waals surface area contributed by atoms with Crippen LogP contribution in [0.2, 0.25) is 0 Å². The van der Waals surface area contributed by atoms with Crippen molar-refractivity contribution in [1.82, 2.24) is 0 Å². The number of para-hydroxylation sites is 1. The fourth-order valence-corrected chi connectivity index (χ4v) is 6.99. The van der Waals surface area contributed by atoms with E-state index < -0.39 is 101 Å². The van der Waals surface area contributed by atoms with E-state index in [1.807, 2.05) is 121 Å². The number of hydrogen-bond donors (Lipinski definition) is 0. The van der Waals surface area contributed by atoms with E-state index >= 15 is 0 Å². The normalized spacial score (nSPS) is 15.0. The Morgan fingerprint density at radius 3 is 1.88 bits per heavy atom. The molecule has 244 valence electrons. The molecule has 0 aliphatic heterocycles. The summed E-state index contributed by atoms with van der Waals surface area (Å²) in [6.07, 6.45) is 0. The minimum atomic E-state index is -0.758. The molecule has 2 nitrogen and oxygen atoms in total. The molecule has 0 aliphatic rings. The minimum Gasteiger partial charge on any atom is -0.455 e. The van der Waals surface area contributed by atoms with Crippen LogP contribution in [0.25, 0.3) is 76.9 Å². The predicted molar refractivity (Wildman–Crippen MR) is 220 cm³/mol. The molecule has 1 heterocycles. The van der Waals surface area contributed by atoms with E-state index in [0.29, 0.717) is 33.3 Å². The van der Waals surface area contributed by atoms with Crippen LogP contribution in [0.15, 0.2) is 204 Å². The summed E-state index contributed by atoms with van der Waals surface area (Å²) in [5.74, 6) is 0. The maximum Gasteiger partial charge on any atom is 0.145 e. The van der Waals surface area contributed by atoms with E-state index in [1.165, 1.54) is 0 Å². The molecule has 0 fully saturated rings. The molecule has 0 atom stereocenters. The lowest BCUT2D eigenvalue weighted by molar-refractivity contribution is 0.670. The van der Waals surface area contributed by atoms with Crippen molar-refractivity contribution in [3.05, 3.63) is 200 Å². The summed E-state index contributed by atoms with van der Waals surface area (Å²) >= 11 is 0. The maximum absolute atomic E-state index is 10.3. The topological polar surface area (TPSA) is 16.4 Å². The fraction of sp³-hybridized carbons (Fsp3) is 0. The number of hydrogen-bond acceptors (Lipinski definition) is 2. The third-order valence-corrected chi connectivity index (χ3v) is 9.34. The van der Waals surface area contributed by atoms with Crippen LogP contribution in [0.5, 0.6) is 0 Å². The van der Waals surface area contributed by atoms with Crippen molar-refractivity contribution in [2.24, 2.45) is 0 Å². The summed E-state index contributed by atoms with van der Waals surface area (Å²) in [7, 11) is 0. The van der Waals surface area contributed by atoms with Crippen molar-refractivity contribution in [2.45, 2.75) is 0 Å². The molecular weight excluding hydrogens is 631 g/mol. The van der Waals surface area contributed by atoms with Gasteiger partial charge < -0.3 is 9.32 Å². The van der Waals surface area contributed by atoms with Crippen molar-refractivity contribution < 1.29 is 22.2 Å². The first-order valence-electron chi connectivity index (χ1n) is 23.2. The smallest absolute Gasteiger partial charge is 0.145 e. The second-order valence-corrected chi connectivity index (χ2v) is 12.3. The molecule has 0 radical (unpaired) electrons.